The molecule has 1 fully saturated rings. The van der Waals surface area contributed by atoms with Crippen LogP contribution < -0.4 is 14.8 Å². The van der Waals surface area contributed by atoms with E-state index < -0.39 is 23.4 Å². The Morgan fingerprint density at radius 3 is 2.94 bits per heavy atom. The van der Waals surface area contributed by atoms with E-state index in [-0.39, 0.29) is 24.8 Å². The van der Waals surface area contributed by atoms with Crippen molar-refractivity contribution in [3.63, 3.8) is 0 Å². The smallest absolute Gasteiger partial charge is 0.244 e. The van der Waals surface area contributed by atoms with Gasteiger partial charge in [0.25, 0.3) is 0 Å². The summed E-state index contributed by atoms with van der Waals surface area (Å²) in [5.74, 6) is 0.419. The first-order valence-electron chi connectivity index (χ1n) is 11.0. The molecule has 3 heterocycles. The number of hydrogen-bond acceptors (Lipinski definition) is 5. The fourth-order valence-corrected chi connectivity index (χ4v) is 5.77. The molecule has 3 aliphatic heterocycles. The van der Waals surface area contributed by atoms with Crippen LogP contribution in [0.3, 0.4) is 0 Å². The molecule has 3 atom stereocenters. The number of ether oxygens (including phenoxy) is 2. The number of aliphatic hydroxyl groups excluding tert-OH is 1. The zero-order chi connectivity index (χ0) is 22.7. The van der Waals surface area contributed by atoms with Crippen LogP contribution in [0.25, 0.3) is 0 Å². The van der Waals surface area contributed by atoms with Gasteiger partial charge in [-0.25, -0.2) is 4.39 Å². The second-order valence-corrected chi connectivity index (χ2v) is 9.36. The molecule has 0 saturated carbocycles. The summed E-state index contributed by atoms with van der Waals surface area (Å²) in [4.78, 5) is 14.5. The first-order valence-corrected chi connectivity index (χ1v) is 11.3. The highest BCUT2D eigenvalue weighted by Crippen LogP contribution is 2.58. The molecule has 6 nitrogen and oxygen atoms in total. The summed E-state index contributed by atoms with van der Waals surface area (Å²) in [6.07, 6.45) is 3.98. The molecule has 33 heavy (non-hydrogen) atoms. The Kier molecular flexibility index (Phi) is 4.67. The third-order valence-corrected chi connectivity index (χ3v) is 7.40. The zero-order valence-electron chi connectivity index (χ0n) is 17.7. The molecule has 8 heteroatoms. The summed E-state index contributed by atoms with van der Waals surface area (Å²) in [5, 5.41) is 15.0. The van der Waals surface area contributed by atoms with Crippen molar-refractivity contribution in [2.75, 3.05) is 25.1 Å². The lowest BCUT2D eigenvalue weighted by Crippen LogP contribution is -2.47. The molecule has 1 amide bonds. The molecule has 0 bridgehead atoms. The quantitative estimate of drug-likeness (QED) is 0.719. The SMILES string of the molecule is O=C(CN1C2=CC=C(Cl)CC2C2(COc3cc4c(cc32)CCO4)C1O)Nc1ccccc1F. The van der Waals surface area contributed by atoms with Crippen LogP contribution in [0.2, 0.25) is 0 Å². The normalized spacial score (nSPS) is 26.7. The van der Waals surface area contributed by atoms with Crippen molar-refractivity contribution in [1.29, 1.82) is 0 Å². The molecular formula is C25H22ClFN2O4. The number of carbonyl (C=O) groups is 1. The summed E-state index contributed by atoms with van der Waals surface area (Å²) in [6.45, 7) is 0.762. The largest absolute Gasteiger partial charge is 0.493 e. The minimum atomic E-state index is -1.02. The van der Waals surface area contributed by atoms with Crippen molar-refractivity contribution in [2.24, 2.45) is 5.92 Å². The Bertz CT molecular complexity index is 1230. The molecule has 3 unspecified atom stereocenters. The van der Waals surface area contributed by atoms with Crippen LogP contribution in [-0.2, 0) is 16.6 Å². The molecule has 1 spiro atoms. The van der Waals surface area contributed by atoms with Crippen molar-refractivity contribution < 1.29 is 23.8 Å². The number of nitrogens with zero attached hydrogens (tertiary/aromatic N) is 1. The highest BCUT2D eigenvalue weighted by molar-refractivity contribution is 6.29. The number of amides is 1. The van der Waals surface area contributed by atoms with Crippen molar-refractivity contribution >= 4 is 23.2 Å². The molecule has 0 aromatic heterocycles. The van der Waals surface area contributed by atoms with E-state index >= 15 is 0 Å². The molecule has 1 aliphatic carbocycles. The number of fused-ring (bicyclic) bond motifs is 5. The molecule has 170 valence electrons. The molecule has 2 N–H and O–H groups in total. The van der Waals surface area contributed by atoms with Gasteiger partial charge in [0.05, 0.1) is 24.3 Å². The number of likely N-dealkylation sites (tertiary alicyclic amines) is 1. The Morgan fingerprint density at radius 1 is 1.24 bits per heavy atom. The van der Waals surface area contributed by atoms with Gasteiger partial charge in [0.15, 0.2) is 0 Å². The standard InChI is InChI=1S/C25H22ClFN2O4/c26-15-5-6-20-16(10-15)25(13-33-22-11-21-14(7-8-32-21)9-17(22)25)24(31)29(20)12-23(30)28-19-4-2-1-3-18(19)27/h1-6,9,11,16,24,31H,7-8,10,12-13H2,(H,28,30). The van der Waals surface area contributed by atoms with E-state index in [9.17, 15) is 14.3 Å². The maximum absolute atomic E-state index is 14.0. The topological polar surface area (TPSA) is 71.0 Å². The Morgan fingerprint density at radius 2 is 2.09 bits per heavy atom. The first kappa shape index (κ1) is 20.6. The van der Waals surface area contributed by atoms with Gasteiger partial charge in [0.2, 0.25) is 5.91 Å². The van der Waals surface area contributed by atoms with Crippen LogP contribution in [0.15, 0.2) is 59.3 Å². The number of carbonyl (C=O) groups excluding carboxylic acids is 1. The van der Waals surface area contributed by atoms with Gasteiger partial charge in [-0.2, -0.15) is 0 Å². The zero-order valence-corrected chi connectivity index (χ0v) is 18.4. The van der Waals surface area contributed by atoms with Gasteiger partial charge < -0.3 is 24.8 Å². The molecule has 4 aliphatic rings. The van der Waals surface area contributed by atoms with Crippen LogP contribution in [0.5, 0.6) is 11.5 Å². The molecular weight excluding hydrogens is 447 g/mol. The fourth-order valence-electron chi connectivity index (χ4n) is 5.55. The van der Waals surface area contributed by atoms with E-state index in [0.717, 1.165) is 29.0 Å². The van der Waals surface area contributed by atoms with E-state index in [2.05, 4.69) is 11.4 Å². The maximum Gasteiger partial charge on any atom is 0.244 e. The number of para-hydroxylation sites is 1. The number of aliphatic hydroxyl groups is 1. The lowest BCUT2D eigenvalue weighted by Gasteiger charge is -2.33. The Labute approximate surface area is 195 Å². The van der Waals surface area contributed by atoms with E-state index in [1.54, 1.807) is 23.1 Å². The summed E-state index contributed by atoms with van der Waals surface area (Å²) in [6, 6.07) is 9.98. The number of allylic oxidation sites excluding steroid dienone is 4. The van der Waals surface area contributed by atoms with Crippen LogP contribution in [0.4, 0.5) is 10.1 Å². The van der Waals surface area contributed by atoms with Crippen molar-refractivity contribution in [3.8, 4) is 11.5 Å². The van der Waals surface area contributed by atoms with Crippen molar-refractivity contribution in [1.82, 2.24) is 4.90 Å². The van der Waals surface area contributed by atoms with E-state index in [0.29, 0.717) is 23.8 Å². The average molecular weight is 469 g/mol. The lowest BCUT2D eigenvalue weighted by molar-refractivity contribution is -0.119. The molecule has 1 saturated heterocycles. The van der Waals surface area contributed by atoms with Gasteiger partial charge in [0.1, 0.15) is 30.2 Å². The predicted octanol–water partition coefficient (Wildman–Crippen LogP) is 3.69. The molecule has 0 radical (unpaired) electrons. The number of halogens is 2. The van der Waals surface area contributed by atoms with Gasteiger partial charge in [-0.05, 0) is 42.3 Å². The number of benzene rings is 2. The molecule has 2 aromatic carbocycles. The third kappa shape index (κ3) is 3.06. The number of nitrogens with one attached hydrogen (secondary N) is 1. The number of hydrogen-bond donors (Lipinski definition) is 2. The Hall–Kier alpha value is -3.03. The maximum atomic E-state index is 14.0. The van der Waals surface area contributed by atoms with Gasteiger partial charge in [0, 0.05) is 34.7 Å². The van der Waals surface area contributed by atoms with E-state index in [1.165, 1.54) is 12.1 Å². The number of rotatable bonds is 3. The highest BCUT2D eigenvalue weighted by Gasteiger charge is 2.62. The van der Waals surface area contributed by atoms with Crippen LogP contribution in [-0.4, -0.2) is 41.9 Å². The van der Waals surface area contributed by atoms with Crippen LogP contribution in [0.1, 0.15) is 17.5 Å². The fraction of sp³-hybridized carbons (Fsp3) is 0.320. The summed E-state index contributed by atoms with van der Waals surface area (Å²) < 4.78 is 25.8. The number of anilines is 1. The van der Waals surface area contributed by atoms with E-state index in [1.807, 2.05) is 12.1 Å². The minimum absolute atomic E-state index is 0.105. The average Bonchev–Trinajstić information content (AvgIpc) is 3.47. The van der Waals surface area contributed by atoms with Crippen molar-refractivity contribution in [3.05, 3.63) is 76.2 Å². The van der Waals surface area contributed by atoms with Gasteiger partial charge >= 0.3 is 0 Å². The second-order valence-electron chi connectivity index (χ2n) is 8.87. The second kappa shape index (κ2) is 7.50. The summed E-state index contributed by atoms with van der Waals surface area (Å²) in [5.41, 5.74) is 2.16. The molecule has 2 aromatic rings. The van der Waals surface area contributed by atoms with Crippen molar-refractivity contribution in [2.45, 2.75) is 24.5 Å². The highest BCUT2D eigenvalue weighted by atomic mass is 35.5. The lowest BCUT2D eigenvalue weighted by atomic mass is 9.69. The van der Waals surface area contributed by atoms with Gasteiger partial charge in [-0.15, -0.1) is 0 Å². The Balaban J connectivity index is 1.36. The first-order chi connectivity index (χ1) is 16.0. The molecule has 6 rings (SSSR count). The summed E-state index contributed by atoms with van der Waals surface area (Å²) in [7, 11) is 0. The van der Waals surface area contributed by atoms with Gasteiger partial charge in [-0.3, -0.25) is 4.79 Å². The van der Waals surface area contributed by atoms with Crippen LogP contribution >= 0.6 is 11.6 Å². The third-order valence-electron chi connectivity index (χ3n) is 7.12. The summed E-state index contributed by atoms with van der Waals surface area (Å²) >= 11 is 6.43. The van der Waals surface area contributed by atoms with Crippen LogP contribution in [0, 0.1) is 11.7 Å². The minimum Gasteiger partial charge on any atom is -0.493 e. The monoisotopic (exact) mass is 468 g/mol. The van der Waals surface area contributed by atoms with Gasteiger partial charge in [-0.1, -0.05) is 23.7 Å². The predicted molar refractivity (Wildman–Crippen MR) is 121 cm³/mol. The van der Waals surface area contributed by atoms with E-state index in [4.69, 9.17) is 21.1 Å².